The lowest BCUT2D eigenvalue weighted by Gasteiger charge is -2.35. The zero-order valence-electron chi connectivity index (χ0n) is 10.7. The minimum atomic E-state index is 0.00130. The lowest BCUT2D eigenvalue weighted by molar-refractivity contribution is -0.0143. The Labute approximate surface area is 99.9 Å². The lowest BCUT2D eigenvalue weighted by atomic mass is 9.83. The summed E-state index contributed by atoms with van der Waals surface area (Å²) >= 11 is 0. The third kappa shape index (κ3) is 3.46. The maximum atomic E-state index is 6.38. The molecule has 2 nitrogen and oxygen atoms in total. The summed E-state index contributed by atoms with van der Waals surface area (Å²) in [4.78, 5) is 0. The topological polar surface area (TPSA) is 35.2 Å². The van der Waals surface area contributed by atoms with Crippen LogP contribution in [-0.4, -0.2) is 18.2 Å². The van der Waals surface area contributed by atoms with Gasteiger partial charge in [0.15, 0.2) is 0 Å². The number of hydrogen-bond donors (Lipinski definition) is 1. The van der Waals surface area contributed by atoms with E-state index in [1.807, 2.05) is 0 Å². The van der Waals surface area contributed by atoms with Crippen LogP contribution in [0.5, 0.6) is 0 Å². The Morgan fingerprint density at radius 2 is 1.69 bits per heavy atom. The molecule has 2 rings (SSSR count). The molecule has 0 bridgehead atoms. The van der Waals surface area contributed by atoms with E-state index in [0.717, 1.165) is 25.4 Å². The normalized spacial score (nSPS) is 34.9. The van der Waals surface area contributed by atoms with Crippen LogP contribution in [0.2, 0.25) is 0 Å². The van der Waals surface area contributed by atoms with Crippen LogP contribution < -0.4 is 5.73 Å². The largest absolute Gasteiger partial charge is 0.376 e. The van der Waals surface area contributed by atoms with Gasteiger partial charge in [-0.1, -0.05) is 26.2 Å². The maximum Gasteiger partial charge on any atom is 0.0649 e. The number of ether oxygens (including phenoxy) is 1. The molecular formula is C14H27NO. The van der Waals surface area contributed by atoms with Crippen molar-refractivity contribution in [2.45, 2.75) is 76.4 Å². The van der Waals surface area contributed by atoms with Gasteiger partial charge in [0, 0.05) is 5.54 Å². The summed E-state index contributed by atoms with van der Waals surface area (Å²) in [6, 6.07) is 0. The second-order valence-corrected chi connectivity index (χ2v) is 6.12. The summed E-state index contributed by atoms with van der Waals surface area (Å²) in [5, 5.41) is 0. The molecular weight excluding hydrogens is 198 g/mol. The first kappa shape index (κ1) is 12.4. The third-order valence-corrected chi connectivity index (χ3v) is 4.42. The Morgan fingerprint density at radius 1 is 1.06 bits per heavy atom. The second kappa shape index (κ2) is 5.50. The molecule has 0 spiro atoms. The van der Waals surface area contributed by atoms with Gasteiger partial charge in [0.2, 0.25) is 0 Å². The van der Waals surface area contributed by atoms with E-state index >= 15 is 0 Å². The summed E-state index contributed by atoms with van der Waals surface area (Å²) in [6.07, 6.45) is 11.9. The Hall–Kier alpha value is -0.0800. The summed E-state index contributed by atoms with van der Waals surface area (Å²) in [6.45, 7) is 3.15. The monoisotopic (exact) mass is 225 g/mol. The lowest BCUT2D eigenvalue weighted by Crippen LogP contribution is -2.47. The third-order valence-electron chi connectivity index (χ3n) is 4.42. The molecule has 2 aliphatic rings. The molecule has 2 saturated carbocycles. The molecule has 0 aromatic rings. The summed E-state index contributed by atoms with van der Waals surface area (Å²) in [5.74, 6) is 0.904. The molecule has 0 atom stereocenters. The molecule has 0 amide bonds. The van der Waals surface area contributed by atoms with Crippen molar-refractivity contribution in [1.29, 1.82) is 0 Å². The van der Waals surface area contributed by atoms with Gasteiger partial charge in [-0.3, -0.25) is 0 Å². The van der Waals surface area contributed by atoms with Crippen molar-refractivity contribution < 1.29 is 4.74 Å². The van der Waals surface area contributed by atoms with Gasteiger partial charge in [-0.15, -0.1) is 0 Å². The minimum absolute atomic E-state index is 0.00130. The van der Waals surface area contributed by atoms with E-state index in [0.29, 0.717) is 6.10 Å². The minimum Gasteiger partial charge on any atom is -0.376 e. The first-order chi connectivity index (χ1) is 7.68. The quantitative estimate of drug-likeness (QED) is 0.800. The second-order valence-electron chi connectivity index (χ2n) is 6.12. The number of hydrogen-bond acceptors (Lipinski definition) is 2. The Kier molecular flexibility index (Phi) is 4.26. The zero-order chi connectivity index (χ0) is 11.4. The molecule has 0 unspecified atom stereocenters. The van der Waals surface area contributed by atoms with Crippen LogP contribution in [-0.2, 0) is 4.74 Å². The van der Waals surface area contributed by atoms with Crippen LogP contribution in [0.15, 0.2) is 0 Å². The molecule has 0 aliphatic heterocycles. The Morgan fingerprint density at radius 3 is 2.31 bits per heavy atom. The van der Waals surface area contributed by atoms with Gasteiger partial charge in [0.1, 0.15) is 0 Å². The first-order valence-electron chi connectivity index (χ1n) is 7.08. The van der Waals surface area contributed by atoms with E-state index in [1.165, 1.54) is 44.9 Å². The van der Waals surface area contributed by atoms with Gasteiger partial charge < -0.3 is 10.5 Å². The molecule has 0 saturated heterocycles. The molecule has 16 heavy (non-hydrogen) atoms. The number of rotatable bonds is 3. The van der Waals surface area contributed by atoms with Gasteiger partial charge in [-0.2, -0.15) is 0 Å². The van der Waals surface area contributed by atoms with Crippen molar-refractivity contribution in [2.24, 2.45) is 11.7 Å². The predicted octanol–water partition coefficient (Wildman–Crippen LogP) is 3.24. The van der Waals surface area contributed by atoms with Gasteiger partial charge in [-0.05, 0) is 44.4 Å². The fourth-order valence-electron chi connectivity index (χ4n) is 3.08. The fourth-order valence-corrected chi connectivity index (χ4v) is 3.08. The molecule has 94 valence electrons. The molecule has 2 N–H and O–H groups in total. The highest BCUT2D eigenvalue weighted by Crippen LogP contribution is 2.29. The van der Waals surface area contributed by atoms with Gasteiger partial charge in [0.25, 0.3) is 0 Å². The first-order valence-corrected chi connectivity index (χ1v) is 7.08. The highest BCUT2D eigenvalue weighted by Gasteiger charge is 2.29. The van der Waals surface area contributed by atoms with Crippen molar-refractivity contribution in [3.8, 4) is 0 Å². The van der Waals surface area contributed by atoms with Crippen LogP contribution in [0.25, 0.3) is 0 Å². The number of nitrogens with two attached hydrogens (primary N) is 1. The predicted molar refractivity (Wildman–Crippen MR) is 67.4 cm³/mol. The summed E-state index contributed by atoms with van der Waals surface area (Å²) < 4.78 is 6.05. The Bertz CT molecular complexity index is 203. The van der Waals surface area contributed by atoms with Crippen molar-refractivity contribution >= 4 is 0 Å². The van der Waals surface area contributed by atoms with Crippen LogP contribution >= 0.6 is 0 Å². The van der Waals surface area contributed by atoms with Crippen molar-refractivity contribution in [3.63, 3.8) is 0 Å². The van der Waals surface area contributed by atoms with Crippen LogP contribution in [0.3, 0.4) is 0 Å². The molecule has 0 heterocycles. The SMILES string of the molecule is CC1CCC(OCC2(N)CCCCC2)CC1. The van der Waals surface area contributed by atoms with Crippen molar-refractivity contribution in [2.75, 3.05) is 6.61 Å². The van der Waals surface area contributed by atoms with E-state index in [2.05, 4.69) is 6.92 Å². The van der Waals surface area contributed by atoms with Crippen LogP contribution in [0, 0.1) is 5.92 Å². The highest BCUT2D eigenvalue weighted by molar-refractivity contribution is 4.87. The molecule has 0 aromatic heterocycles. The standard InChI is InChI=1S/C14H27NO/c1-12-5-7-13(8-6-12)16-11-14(15)9-3-2-4-10-14/h12-13H,2-11,15H2,1H3. The molecule has 2 heteroatoms. The van der Waals surface area contributed by atoms with Gasteiger partial charge in [-0.25, -0.2) is 0 Å². The maximum absolute atomic E-state index is 6.38. The van der Waals surface area contributed by atoms with E-state index in [4.69, 9.17) is 10.5 Å². The molecule has 0 radical (unpaired) electrons. The van der Waals surface area contributed by atoms with E-state index in [9.17, 15) is 0 Å². The van der Waals surface area contributed by atoms with Crippen molar-refractivity contribution in [1.82, 2.24) is 0 Å². The highest BCUT2D eigenvalue weighted by atomic mass is 16.5. The zero-order valence-corrected chi connectivity index (χ0v) is 10.7. The summed E-state index contributed by atoms with van der Waals surface area (Å²) in [7, 11) is 0. The van der Waals surface area contributed by atoms with Crippen LogP contribution in [0.4, 0.5) is 0 Å². The van der Waals surface area contributed by atoms with E-state index < -0.39 is 0 Å². The average molecular weight is 225 g/mol. The molecule has 2 fully saturated rings. The van der Waals surface area contributed by atoms with Gasteiger partial charge >= 0.3 is 0 Å². The van der Waals surface area contributed by atoms with Crippen LogP contribution in [0.1, 0.15) is 64.7 Å². The van der Waals surface area contributed by atoms with E-state index in [-0.39, 0.29) is 5.54 Å². The summed E-state index contributed by atoms with van der Waals surface area (Å²) in [5.41, 5.74) is 6.38. The average Bonchev–Trinajstić information content (AvgIpc) is 2.29. The van der Waals surface area contributed by atoms with Crippen molar-refractivity contribution in [3.05, 3.63) is 0 Å². The molecule has 0 aromatic carbocycles. The molecule has 2 aliphatic carbocycles. The Balaban J connectivity index is 1.70. The fraction of sp³-hybridized carbons (Fsp3) is 1.00. The van der Waals surface area contributed by atoms with E-state index in [1.54, 1.807) is 0 Å². The smallest absolute Gasteiger partial charge is 0.0649 e. The van der Waals surface area contributed by atoms with Gasteiger partial charge in [0.05, 0.1) is 12.7 Å².